The summed E-state index contributed by atoms with van der Waals surface area (Å²) in [6.07, 6.45) is 0.936. The molecule has 0 bridgehead atoms. The van der Waals surface area contributed by atoms with Crippen molar-refractivity contribution in [3.8, 4) is 11.5 Å². The number of rotatable bonds is 8. The molecule has 0 aliphatic carbocycles. The molecule has 1 aliphatic rings. The lowest BCUT2D eigenvalue weighted by atomic mass is 9.96. The summed E-state index contributed by atoms with van der Waals surface area (Å²) in [6.45, 7) is 3.17. The maximum Gasteiger partial charge on any atom is 0.246 e. The topological polar surface area (TPSA) is 76.2 Å². The molecule has 9 heteroatoms. The first-order valence-electron chi connectivity index (χ1n) is 10.6. The van der Waals surface area contributed by atoms with Crippen molar-refractivity contribution in [1.82, 2.24) is 9.21 Å². The number of sulfonamides is 1. The zero-order chi connectivity index (χ0) is 23.3. The van der Waals surface area contributed by atoms with Gasteiger partial charge in [-0.15, -0.1) is 0 Å². The van der Waals surface area contributed by atoms with E-state index in [1.807, 2.05) is 24.3 Å². The highest BCUT2D eigenvalue weighted by molar-refractivity contribution is 7.89. The van der Waals surface area contributed by atoms with Crippen LogP contribution in [-0.4, -0.2) is 57.4 Å². The van der Waals surface area contributed by atoms with Crippen molar-refractivity contribution in [1.29, 1.82) is 0 Å². The molecule has 0 N–H and O–H groups in total. The van der Waals surface area contributed by atoms with Crippen LogP contribution in [0.1, 0.15) is 25.3 Å². The number of hydrogen-bond acceptors (Lipinski definition) is 5. The van der Waals surface area contributed by atoms with Crippen molar-refractivity contribution in [2.24, 2.45) is 5.92 Å². The Hall–Kier alpha value is -2.29. The van der Waals surface area contributed by atoms with Crippen LogP contribution in [0.5, 0.6) is 11.5 Å². The van der Waals surface area contributed by atoms with Gasteiger partial charge < -0.3 is 14.4 Å². The monoisotopic (exact) mass is 480 g/mol. The maximum absolute atomic E-state index is 13.2. The molecule has 1 aliphatic heterocycles. The van der Waals surface area contributed by atoms with E-state index in [1.165, 1.54) is 10.4 Å². The fourth-order valence-electron chi connectivity index (χ4n) is 3.83. The normalized spacial score (nSPS) is 15.4. The minimum Gasteiger partial charge on any atom is -0.497 e. The third-order valence-corrected chi connectivity index (χ3v) is 7.74. The van der Waals surface area contributed by atoms with Gasteiger partial charge in [-0.05, 0) is 55.7 Å². The van der Waals surface area contributed by atoms with Crippen molar-refractivity contribution in [3.05, 3.63) is 53.1 Å². The fourth-order valence-corrected chi connectivity index (χ4v) is 5.70. The van der Waals surface area contributed by atoms with Crippen LogP contribution in [0.4, 0.5) is 0 Å². The van der Waals surface area contributed by atoms with Crippen molar-refractivity contribution < 1.29 is 22.7 Å². The fraction of sp³-hybridized carbons (Fsp3) is 0.435. The van der Waals surface area contributed by atoms with Crippen molar-refractivity contribution in [2.45, 2.75) is 31.2 Å². The summed E-state index contributed by atoms with van der Waals surface area (Å²) in [5.41, 5.74) is 1.01. The second kappa shape index (κ2) is 10.6. The molecule has 174 valence electrons. The molecule has 0 saturated carbocycles. The lowest BCUT2D eigenvalue weighted by Crippen LogP contribution is -2.43. The van der Waals surface area contributed by atoms with Gasteiger partial charge in [0.15, 0.2) is 0 Å². The summed E-state index contributed by atoms with van der Waals surface area (Å²) in [5, 5.41) is 0.331. The van der Waals surface area contributed by atoms with Crippen molar-refractivity contribution in [3.63, 3.8) is 0 Å². The van der Waals surface area contributed by atoms with Gasteiger partial charge in [0.05, 0.1) is 13.7 Å². The third kappa shape index (κ3) is 5.54. The Bertz CT molecular complexity index is 1030. The van der Waals surface area contributed by atoms with E-state index in [-0.39, 0.29) is 35.6 Å². The summed E-state index contributed by atoms with van der Waals surface area (Å²) < 4.78 is 38.5. The number of halogens is 1. The Morgan fingerprint density at radius 2 is 1.81 bits per heavy atom. The molecule has 0 aromatic heterocycles. The van der Waals surface area contributed by atoms with Crippen molar-refractivity contribution >= 4 is 27.5 Å². The predicted octanol–water partition coefficient (Wildman–Crippen LogP) is 3.81. The van der Waals surface area contributed by atoms with E-state index < -0.39 is 10.0 Å². The van der Waals surface area contributed by atoms with Crippen LogP contribution in [0.3, 0.4) is 0 Å². The summed E-state index contributed by atoms with van der Waals surface area (Å²) in [7, 11) is -0.389. The number of hydrogen-bond donors (Lipinski definition) is 0. The Balaban J connectivity index is 1.63. The summed E-state index contributed by atoms with van der Waals surface area (Å²) in [6, 6.07) is 12.2. The Labute approximate surface area is 194 Å². The van der Waals surface area contributed by atoms with Gasteiger partial charge in [-0.25, -0.2) is 8.42 Å². The number of carbonyl (C=O) groups is 1. The molecule has 1 amide bonds. The maximum atomic E-state index is 13.2. The van der Waals surface area contributed by atoms with Gasteiger partial charge in [-0.3, -0.25) is 4.79 Å². The van der Waals surface area contributed by atoms with Gasteiger partial charge >= 0.3 is 0 Å². The van der Waals surface area contributed by atoms with Crippen LogP contribution < -0.4 is 9.47 Å². The number of methoxy groups -OCH3 is 1. The Morgan fingerprint density at radius 3 is 2.41 bits per heavy atom. The molecule has 1 heterocycles. The molecule has 7 nitrogen and oxygen atoms in total. The number of ether oxygens (including phenoxy) is 2. The van der Waals surface area contributed by atoms with Gasteiger partial charge in [0, 0.05) is 37.6 Å². The van der Waals surface area contributed by atoms with Gasteiger partial charge in [-0.2, -0.15) is 4.31 Å². The first-order valence-corrected chi connectivity index (χ1v) is 12.4. The van der Waals surface area contributed by atoms with E-state index >= 15 is 0 Å². The molecule has 2 aromatic rings. The van der Waals surface area contributed by atoms with Crippen LogP contribution in [-0.2, 0) is 21.4 Å². The Kier molecular flexibility index (Phi) is 8.03. The first-order chi connectivity index (χ1) is 15.3. The molecule has 2 aromatic carbocycles. The molecule has 0 radical (unpaired) electrons. The lowest BCUT2D eigenvalue weighted by molar-refractivity contribution is -0.135. The second-order valence-electron chi connectivity index (χ2n) is 7.74. The highest BCUT2D eigenvalue weighted by Crippen LogP contribution is 2.32. The molecule has 32 heavy (non-hydrogen) atoms. The zero-order valence-electron chi connectivity index (χ0n) is 18.6. The van der Waals surface area contributed by atoms with Gasteiger partial charge in [0.1, 0.15) is 16.4 Å². The average Bonchev–Trinajstić information content (AvgIpc) is 2.80. The quantitative estimate of drug-likeness (QED) is 0.574. The van der Waals surface area contributed by atoms with Gasteiger partial charge in [-0.1, -0.05) is 23.7 Å². The van der Waals surface area contributed by atoms with E-state index in [0.29, 0.717) is 31.0 Å². The van der Waals surface area contributed by atoms with Gasteiger partial charge in [0.2, 0.25) is 15.9 Å². The summed E-state index contributed by atoms with van der Waals surface area (Å²) >= 11 is 6.05. The number of piperidine rings is 1. The van der Waals surface area contributed by atoms with Crippen LogP contribution in [0.2, 0.25) is 5.02 Å². The molecule has 1 fully saturated rings. The van der Waals surface area contributed by atoms with Crippen LogP contribution in [0.25, 0.3) is 0 Å². The van der Waals surface area contributed by atoms with E-state index in [2.05, 4.69) is 0 Å². The molecule has 3 rings (SSSR count). The molecule has 0 unspecified atom stereocenters. The van der Waals surface area contributed by atoms with E-state index in [0.717, 1.165) is 11.3 Å². The van der Waals surface area contributed by atoms with Crippen LogP contribution >= 0.6 is 11.6 Å². The predicted molar refractivity (Wildman–Crippen MR) is 124 cm³/mol. The minimum absolute atomic E-state index is 0.0237. The average molecular weight is 481 g/mol. The first kappa shape index (κ1) is 24.4. The second-order valence-corrected chi connectivity index (χ2v) is 10.1. The Morgan fingerprint density at radius 1 is 1.16 bits per heavy atom. The van der Waals surface area contributed by atoms with E-state index in [9.17, 15) is 13.2 Å². The lowest BCUT2D eigenvalue weighted by Gasteiger charge is -2.33. The summed E-state index contributed by atoms with van der Waals surface area (Å²) in [5.74, 6) is 0.865. The van der Waals surface area contributed by atoms with Crippen LogP contribution in [0, 0.1) is 5.92 Å². The van der Waals surface area contributed by atoms with Gasteiger partial charge in [0.25, 0.3) is 0 Å². The summed E-state index contributed by atoms with van der Waals surface area (Å²) in [4.78, 5) is 14.7. The zero-order valence-corrected chi connectivity index (χ0v) is 20.2. The number of carbonyl (C=O) groups excluding carboxylic acids is 1. The molecular weight excluding hydrogens is 452 g/mol. The highest BCUT2D eigenvalue weighted by Gasteiger charge is 2.34. The van der Waals surface area contributed by atoms with E-state index in [4.69, 9.17) is 21.1 Å². The molecule has 1 saturated heterocycles. The van der Waals surface area contributed by atoms with E-state index in [1.54, 1.807) is 38.1 Å². The standard InChI is InChI=1S/C23H29ClN2O5S/c1-4-31-21-10-7-19(24)15-22(21)32(28,29)26-13-11-18(12-14-26)23(27)25(2)16-17-5-8-20(30-3)9-6-17/h5-10,15,18H,4,11-14,16H2,1-3H3. The minimum atomic E-state index is -3.77. The smallest absolute Gasteiger partial charge is 0.246 e. The largest absolute Gasteiger partial charge is 0.497 e. The molecule has 0 spiro atoms. The number of benzene rings is 2. The number of nitrogens with zero attached hydrogens (tertiary/aromatic N) is 2. The van der Waals surface area contributed by atoms with Crippen LogP contribution in [0.15, 0.2) is 47.4 Å². The molecule has 0 atom stereocenters. The molecular formula is C23H29ClN2O5S. The SMILES string of the molecule is CCOc1ccc(Cl)cc1S(=O)(=O)N1CCC(C(=O)N(C)Cc2ccc(OC)cc2)CC1. The third-order valence-electron chi connectivity index (χ3n) is 5.58. The van der Waals surface area contributed by atoms with Crippen molar-refractivity contribution in [2.75, 3.05) is 33.9 Å². The highest BCUT2D eigenvalue weighted by atomic mass is 35.5. The number of amides is 1.